The number of hydrogen-bond donors (Lipinski definition) is 0. The second-order valence-electron chi connectivity index (χ2n) is 3.78. The lowest BCUT2D eigenvalue weighted by atomic mass is 10.0. The molecule has 0 aliphatic rings. The van der Waals surface area contributed by atoms with Gasteiger partial charge in [-0.05, 0) is 24.5 Å². The van der Waals surface area contributed by atoms with Crippen molar-refractivity contribution in [3.05, 3.63) is 53.2 Å². The van der Waals surface area contributed by atoms with Crippen LogP contribution in [-0.2, 0) is 18.2 Å². The first-order valence-electron chi connectivity index (χ1n) is 5.33. The molecule has 0 fully saturated rings. The summed E-state index contributed by atoms with van der Waals surface area (Å²) in [5.74, 6) is 0.986. The van der Waals surface area contributed by atoms with E-state index in [1.165, 1.54) is 17.5 Å². The van der Waals surface area contributed by atoms with Crippen LogP contribution < -0.4 is 0 Å². The van der Waals surface area contributed by atoms with Crippen LogP contribution in [0.2, 0.25) is 0 Å². The molecule has 0 spiro atoms. The van der Waals surface area contributed by atoms with Gasteiger partial charge in [-0.3, -0.25) is 0 Å². The van der Waals surface area contributed by atoms with Crippen LogP contribution in [0, 0.1) is 6.92 Å². The van der Waals surface area contributed by atoms with Crippen molar-refractivity contribution in [3.63, 3.8) is 0 Å². The number of oxazole rings is 1. The Kier molecular flexibility index (Phi) is 3.78. The quantitative estimate of drug-likeness (QED) is 0.799. The van der Waals surface area contributed by atoms with Gasteiger partial charge in [0.05, 0.1) is 5.69 Å². The van der Waals surface area contributed by atoms with Gasteiger partial charge >= 0.3 is 0 Å². The van der Waals surface area contributed by atoms with Crippen LogP contribution in [0.3, 0.4) is 0 Å². The van der Waals surface area contributed by atoms with E-state index in [-0.39, 0.29) is 0 Å². The van der Waals surface area contributed by atoms with Crippen LogP contribution in [0.1, 0.15) is 22.6 Å². The molecule has 3 heteroatoms. The Morgan fingerprint density at radius 1 is 1.25 bits per heavy atom. The zero-order valence-corrected chi connectivity index (χ0v) is 10.8. The van der Waals surface area contributed by atoms with Crippen molar-refractivity contribution >= 4 is 15.9 Å². The van der Waals surface area contributed by atoms with E-state index in [0.717, 1.165) is 29.6 Å². The summed E-state index contributed by atoms with van der Waals surface area (Å²) in [5, 5.41) is 0.757. The van der Waals surface area contributed by atoms with E-state index in [9.17, 15) is 0 Å². The number of halogens is 1. The summed E-state index contributed by atoms with van der Waals surface area (Å²) in [7, 11) is 0. The maximum absolute atomic E-state index is 5.38. The number of nitrogens with zero attached hydrogens (tertiary/aromatic N) is 1. The molecule has 0 N–H and O–H groups in total. The summed E-state index contributed by atoms with van der Waals surface area (Å²) in [6.45, 7) is 2.14. The Hall–Kier alpha value is -1.09. The molecule has 0 amide bonds. The standard InChI is InChI=1S/C13H14BrNO/c1-10-4-2-3-5-11(10)6-7-13-12(8-14)15-9-16-13/h2-5,9H,6-8H2,1H3. The van der Waals surface area contributed by atoms with Gasteiger partial charge in [-0.2, -0.15) is 0 Å². The fourth-order valence-electron chi connectivity index (χ4n) is 1.74. The Bertz CT molecular complexity index is 464. The van der Waals surface area contributed by atoms with Crippen LogP contribution in [0.4, 0.5) is 0 Å². The Morgan fingerprint density at radius 3 is 2.81 bits per heavy atom. The molecule has 0 saturated heterocycles. The molecule has 2 aromatic rings. The number of aryl methyl sites for hydroxylation is 3. The first kappa shape index (κ1) is 11.4. The Balaban J connectivity index is 2.05. The lowest BCUT2D eigenvalue weighted by molar-refractivity contribution is 0.500. The maximum atomic E-state index is 5.38. The number of alkyl halides is 1. The van der Waals surface area contributed by atoms with Crippen LogP contribution in [0.25, 0.3) is 0 Å². The molecule has 2 nitrogen and oxygen atoms in total. The van der Waals surface area contributed by atoms with Gasteiger partial charge in [0.2, 0.25) is 0 Å². The minimum atomic E-state index is 0.757. The highest BCUT2D eigenvalue weighted by atomic mass is 79.9. The number of benzene rings is 1. The second kappa shape index (κ2) is 5.30. The minimum Gasteiger partial charge on any atom is -0.448 e. The van der Waals surface area contributed by atoms with Crippen molar-refractivity contribution in [2.24, 2.45) is 0 Å². The van der Waals surface area contributed by atoms with Crippen LogP contribution in [0.5, 0.6) is 0 Å². The average Bonchev–Trinajstić information content (AvgIpc) is 2.75. The highest BCUT2D eigenvalue weighted by Gasteiger charge is 2.07. The fraction of sp³-hybridized carbons (Fsp3) is 0.308. The van der Waals surface area contributed by atoms with Gasteiger partial charge in [0.15, 0.2) is 6.39 Å². The van der Waals surface area contributed by atoms with E-state index in [2.05, 4.69) is 52.1 Å². The number of aromatic nitrogens is 1. The molecule has 1 heterocycles. The van der Waals surface area contributed by atoms with Crippen molar-refractivity contribution < 1.29 is 4.42 Å². The first-order valence-corrected chi connectivity index (χ1v) is 6.45. The molecule has 1 aromatic heterocycles. The SMILES string of the molecule is Cc1ccccc1CCc1ocnc1CBr. The van der Waals surface area contributed by atoms with E-state index >= 15 is 0 Å². The molecule has 84 valence electrons. The highest BCUT2D eigenvalue weighted by Crippen LogP contribution is 2.15. The predicted molar refractivity (Wildman–Crippen MR) is 67.7 cm³/mol. The largest absolute Gasteiger partial charge is 0.448 e. The smallest absolute Gasteiger partial charge is 0.181 e. The van der Waals surface area contributed by atoms with Crippen molar-refractivity contribution in [2.45, 2.75) is 25.1 Å². The van der Waals surface area contributed by atoms with Crippen molar-refractivity contribution in [2.75, 3.05) is 0 Å². The zero-order chi connectivity index (χ0) is 11.4. The van der Waals surface area contributed by atoms with Gasteiger partial charge in [-0.25, -0.2) is 4.98 Å². The summed E-state index contributed by atoms with van der Waals surface area (Å²) in [6, 6.07) is 8.45. The molecule has 2 rings (SSSR count). The van der Waals surface area contributed by atoms with Gasteiger partial charge in [-0.15, -0.1) is 0 Å². The molecule has 1 aromatic carbocycles. The molecule has 0 atom stereocenters. The summed E-state index contributed by atoms with van der Waals surface area (Å²) >= 11 is 3.41. The lowest BCUT2D eigenvalue weighted by Gasteiger charge is -2.04. The molecule has 0 radical (unpaired) electrons. The van der Waals surface area contributed by atoms with E-state index < -0.39 is 0 Å². The monoisotopic (exact) mass is 279 g/mol. The van der Waals surface area contributed by atoms with Gasteiger partial charge in [0.25, 0.3) is 0 Å². The minimum absolute atomic E-state index is 0.757. The zero-order valence-electron chi connectivity index (χ0n) is 9.24. The summed E-state index contributed by atoms with van der Waals surface area (Å²) < 4.78 is 5.38. The Labute approximate surface area is 104 Å². The average molecular weight is 280 g/mol. The van der Waals surface area contributed by atoms with Crippen LogP contribution >= 0.6 is 15.9 Å². The molecule has 0 aliphatic heterocycles. The van der Waals surface area contributed by atoms with Gasteiger partial charge in [0, 0.05) is 11.8 Å². The molecular weight excluding hydrogens is 266 g/mol. The summed E-state index contributed by atoms with van der Waals surface area (Å²) in [6.07, 6.45) is 3.43. The summed E-state index contributed by atoms with van der Waals surface area (Å²) in [4.78, 5) is 4.16. The Morgan fingerprint density at radius 2 is 2.06 bits per heavy atom. The normalized spacial score (nSPS) is 10.6. The molecule has 0 unspecified atom stereocenters. The summed E-state index contributed by atoms with van der Waals surface area (Å²) in [5.41, 5.74) is 3.72. The molecule has 0 bridgehead atoms. The first-order chi connectivity index (χ1) is 7.81. The van der Waals surface area contributed by atoms with E-state index in [4.69, 9.17) is 4.42 Å². The van der Waals surface area contributed by atoms with Crippen LogP contribution in [0.15, 0.2) is 35.1 Å². The second-order valence-corrected chi connectivity index (χ2v) is 4.34. The van der Waals surface area contributed by atoms with E-state index in [1.54, 1.807) is 0 Å². The highest BCUT2D eigenvalue weighted by molar-refractivity contribution is 9.08. The van der Waals surface area contributed by atoms with Gasteiger partial charge in [-0.1, -0.05) is 40.2 Å². The third-order valence-corrected chi connectivity index (χ3v) is 3.27. The molecular formula is C13H14BrNO. The topological polar surface area (TPSA) is 26.0 Å². The molecule has 0 saturated carbocycles. The van der Waals surface area contributed by atoms with Gasteiger partial charge in [0.1, 0.15) is 5.76 Å². The van der Waals surface area contributed by atoms with Crippen LogP contribution in [-0.4, -0.2) is 4.98 Å². The lowest BCUT2D eigenvalue weighted by Crippen LogP contribution is -1.95. The third-order valence-electron chi connectivity index (χ3n) is 2.73. The maximum Gasteiger partial charge on any atom is 0.181 e. The molecule has 16 heavy (non-hydrogen) atoms. The third kappa shape index (κ3) is 2.53. The fourth-order valence-corrected chi connectivity index (χ4v) is 2.20. The number of rotatable bonds is 4. The van der Waals surface area contributed by atoms with Gasteiger partial charge < -0.3 is 4.42 Å². The predicted octanol–water partition coefficient (Wildman–Crippen LogP) is 3.66. The van der Waals surface area contributed by atoms with Crippen molar-refractivity contribution in [1.29, 1.82) is 0 Å². The van der Waals surface area contributed by atoms with Crippen molar-refractivity contribution in [1.82, 2.24) is 4.98 Å². The molecule has 0 aliphatic carbocycles. The van der Waals surface area contributed by atoms with Crippen molar-refractivity contribution in [3.8, 4) is 0 Å². The number of hydrogen-bond acceptors (Lipinski definition) is 2. The van der Waals surface area contributed by atoms with E-state index in [0.29, 0.717) is 0 Å². The van der Waals surface area contributed by atoms with E-state index in [1.807, 2.05) is 0 Å².